The molecule has 3 aromatic rings. The molecule has 124 valence electrons. The zero-order valence-electron chi connectivity index (χ0n) is 14.0. The number of hydrogen-bond donors (Lipinski definition) is 1. The lowest BCUT2D eigenvalue weighted by molar-refractivity contribution is 0.102. The van der Waals surface area contributed by atoms with Gasteiger partial charge in [-0.25, -0.2) is 4.98 Å². The number of anilines is 1. The van der Waals surface area contributed by atoms with Crippen LogP contribution in [0.1, 0.15) is 47.1 Å². The Morgan fingerprint density at radius 2 is 2.00 bits per heavy atom. The van der Waals surface area contributed by atoms with Gasteiger partial charge >= 0.3 is 0 Å². The summed E-state index contributed by atoms with van der Waals surface area (Å²) in [5.74, 6) is -0.0692. The summed E-state index contributed by atoms with van der Waals surface area (Å²) in [4.78, 5) is 17.3. The number of nitrogens with one attached hydrogen (secondary N) is 1. The van der Waals surface area contributed by atoms with Crippen LogP contribution in [0.5, 0.6) is 0 Å². The molecule has 3 rings (SSSR count). The fourth-order valence-electron chi connectivity index (χ4n) is 2.51. The zero-order valence-corrected chi connectivity index (χ0v) is 14.7. The van der Waals surface area contributed by atoms with Crippen LogP contribution in [0, 0.1) is 13.8 Å². The van der Waals surface area contributed by atoms with Crippen LogP contribution < -0.4 is 5.32 Å². The molecule has 0 radical (unpaired) electrons. The van der Waals surface area contributed by atoms with E-state index in [4.69, 9.17) is 16.1 Å². The van der Waals surface area contributed by atoms with E-state index in [1.54, 1.807) is 25.1 Å². The number of carbonyl (C=O) groups is 1. The number of amides is 1. The third-order valence-electron chi connectivity index (χ3n) is 3.92. The maximum absolute atomic E-state index is 12.9. The maximum atomic E-state index is 12.9. The molecular formula is C18H18ClN3O2. The Balaban J connectivity index is 2.08. The number of carbonyl (C=O) groups excluding carboxylic acids is 1. The molecule has 0 atom stereocenters. The Labute approximate surface area is 145 Å². The average molecular weight is 344 g/mol. The molecule has 0 aliphatic carbocycles. The van der Waals surface area contributed by atoms with Gasteiger partial charge in [-0.1, -0.05) is 36.7 Å². The Morgan fingerprint density at radius 3 is 2.71 bits per heavy atom. The van der Waals surface area contributed by atoms with Crippen molar-refractivity contribution in [3.63, 3.8) is 0 Å². The zero-order chi connectivity index (χ0) is 17.4. The first kappa shape index (κ1) is 16.5. The quantitative estimate of drug-likeness (QED) is 0.736. The van der Waals surface area contributed by atoms with E-state index in [1.165, 1.54) is 0 Å². The maximum Gasteiger partial charge on any atom is 0.259 e. The Kier molecular flexibility index (Phi) is 4.28. The lowest BCUT2D eigenvalue weighted by Gasteiger charge is -2.11. The highest BCUT2D eigenvalue weighted by Gasteiger charge is 2.20. The summed E-state index contributed by atoms with van der Waals surface area (Å²) in [6.07, 6.45) is 0. The standard InChI is InChI=1S/C18H18ClN3O2/c1-9(2)14-8-13(16-11(4)22-24-18(16)21-14)17(23)20-15-7-12(19)6-5-10(15)3/h5-9H,1-4H3,(H,20,23). The van der Waals surface area contributed by atoms with Crippen molar-refractivity contribution in [3.05, 3.63) is 51.8 Å². The highest BCUT2D eigenvalue weighted by atomic mass is 35.5. The van der Waals surface area contributed by atoms with E-state index in [-0.39, 0.29) is 11.8 Å². The third-order valence-corrected chi connectivity index (χ3v) is 4.16. The minimum atomic E-state index is -0.235. The fourth-order valence-corrected chi connectivity index (χ4v) is 2.68. The van der Waals surface area contributed by atoms with E-state index in [0.717, 1.165) is 11.3 Å². The number of aryl methyl sites for hydroxylation is 2. The molecule has 0 saturated heterocycles. The monoisotopic (exact) mass is 343 g/mol. The normalized spacial score (nSPS) is 11.2. The number of fused-ring (bicyclic) bond motifs is 1. The van der Waals surface area contributed by atoms with Gasteiger partial charge in [0.25, 0.3) is 11.6 Å². The van der Waals surface area contributed by atoms with E-state index >= 15 is 0 Å². The molecule has 2 heterocycles. The van der Waals surface area contributed by atoms with Crippen LogP contribution in [0.25, 0.3) is 11.1 Å². The number of benzene rings is 1. The van der Waals surface area contributed by atoms with Gasteiger partial charge in [0, 0.05) is 16.4 Å². The van der Waals surface area contributed by atoms with E-state index in [1.807, 2.05) is 26.8 Å². The van der Waals surface area contributed by atoms with Gasteiger partial charge in [0.15, 0.2) is 0 Å². The second kappa shape index (κ2) is 6.24. The molecule has 1 N–H and O–H groups in total. The molecule has 0 aliphatic heterocycles. The number of hydrogen-bond acceptors (Lipinski definition) is 4. The summed E-state index contributed by atoms with van der Waals surface area (Å²) in [6.45, 7) is 7.74. The van der Waals surface area contributed by atoms with Crippen molar-refractivity contribution in [2.75, 3.05) is 5.32 Å². The molecule has 0 saturated carbocycles. The van der Waals surface area contributed by atoms with Crippen LogP contribution in [-0.4, -0.2) is 16.0 Å². The van der Waals surface area contributed by atoms with Crippen molar-refractivity contribution >= 4 is 34.3 Å². The summed E-state index contributed by atoms with van der Waals surface area (Å²) in [6, 6.07) is 7.19. The number of pyridine rings is 1. The molecule has 0 aliphatic rings. The number of rotatable bonds is 3. The summed E-state index contributed by atoms with van der Waals surface area (Å²) in [5.41, 5.74) is 3.92. The second-order valence-corrected chi connectivity index (χ2v) is 6.55. The van der Waals surface area contributed by atoms with Crippen LogP contribution in [0.2, 0.25) is 5.02 Å². The SMILES string of the molecule is Cc1ccc(Cl)cc1NC(=O)c1cc(C(C)C)nc2onc(C)c12. The van der Waals surface area contributed by atoms with E-state index in [0.29, 0.717) is 33.1 Å². The molecule has 0 bridgehead atoms. The Bertz CT molecular complexity index is 931. The molecular weight excluding hydrogens is 326 g/mol. The average Bonchev–Trinajstić information content (AvgIpc) is 2.91. The van der Waals surface area contributed by atoms with Crippen molar-refractivity contribution in [2.45, 2.75) is 33.6 Å². The number of halogens is 1. The fraction of sp³-hybridized carbons (Fsp3) is 0.278. The molecule has 6 heteroatoms. The van der Waals surface area contributed by atoms with E-state index < -0.39 is 0 Å². The summed E-state index contributed by atoms with van der Waals surface area (Å²) < 4.78 is 5.26. The van der Waals surface area contributed by atoms with Crippen molar-refractivity contribution < 1.29 is 9.32 Å². The lowest BCUT2D eigenvalue weighted by atomic mass is 10.0. The number of nitrogens with zero attached hydrogens (tertiary/aromatic N) is 2. The lowest BCUT2D eigenvalue weighted by Crippen LogP contribution is -2.14. The van der Waals surface area contributed by atoms with Crippen LogP contribution in [0.4, 0.5) is 5.69 Å². The minimum Gasteiger partial charge on any atom is -0.336 e. The summed E-state index contributed by atoms with van der Waals surface area (Å²) in [7, 11) is 0. The first-order valence-corrected chi connectivity index (χ1v) is 8.09. The van der Waals surface area contributed by atoms with Gasteiger partial charge < -0.3 is 9.84 Å². The first-order chi connectivity index (χ1) is 11.4. The summed E-state index contributed by atoms with van der Waals surface area (Å²) in [5, 5.41) is 8.07. The van der Waals surface area contributed by atoms with Gasteiger partial charge in [-0.15, -0.1) is 0 Å². The molecule has 5 nitrogen and oxygen atoms in total. The van der Waals surface area contributed by atoms with E-state index in [2.05, 4.69) is 15.5 Å². The first-order valence-electron chi connectivity index (χ1n) is 7.71. The molecule has 0 fully saturated rings. The minimum absolute atomic E-state index is 0.166. The highest BCUT2D eigenvalue weighted by molar-refractivity contribution is 6.31. The van der Waals surface area contributed by atoms with Gasteiger partial charge in [0.1, 0.15) is 0 Å². The van der Waals surface area contributed by atoms with Crippen molar-refractivity contribution in [1.29, 1.82) is 0 Å². The third kappa shape index (κ3) is 2.99. The smallest absolute Gasteiger partial charge is 0.259 e. The highest BCUT2D eigenvalue weighted by Crippen LogP contribution is 2.27. The Morgan fingerprint density at radius 1 is 1.25 bits per heavy atom. The predicted octanol–water partition coefficient (Wildman–Crippen LogP) is 4.87. The van der Waals surface area contributed by atoms with Gasteiger partial charge in [0.2, 0.25) is 0 Å². The van der Waals surface area contributed by atoms with E-state index in [9.17, 15) is 4.79 Å². The van der Waals surface area contributed by atoms with Gasteiger partial charge in [-0.05, 0) is 43.5 Å². The molecule has 24 heavy (non-hydrogen) atoms. The summed E-state index contributed by atoms with van der Waals surface area (Å²) >= 11 is 6.03. The van der Waals surface area contributed by atoms with Gasteiger partial charge in [-0.3, -0.25) is 4.79 Å². The molecule has 0 spiro atoms. The molecule has 2 aromatic heterocycles. The van der Waals surface area contributed by atoms with Gasteiger partial charge in [-0.2, -0.15) is 0 Å². The molecule has 1 amide bonds. The predicted molar refractivity (Wildman–Crippen MR) is 94.8 cm³/mol. The van der Waals surface area contributed by atoms with Crippen molar-refractivity contribution in [1.82, 2.24) is 10.1 Å². The van der Waals surface area contributed by atoms with Crippen LogP contribution in [0.15, 0.2) is 28.8 Å². The Hall–Kier alpha value is -2.40. The van der Waals surface area contributed by atoms with Crippen molar-refractivity contribution in [2.24, 2.45) is 0 Å². The van der Waals surface area contributed by atoms with Gasteiger partial charge in [0.05, 0.1) is 16.6 Å². The molecule has 1 aromatic carbocycles. The van der Waals surface area contributed by atoms with Crippen LogP contribution >= 0.6 is 11.6 Å². The van der Waals surface area contributed by atoms with Crippen LogP contribution in [0.3, 0.4) is 0 Å². The number of aromatic nitrogens is 2. The second-order valence-electron chi connectivity index (χ2n) is 6.11. The largest absolute Gasteiger partial charge is 0.336 e. The topological polar surface area (TPSA) is 68.0 Å². The van der Waals surface area contributed by atoms with Crippen molar-refractivity contribution in [3.8, 4) is 0 Å². The van der Waals surface area contributed by atoms with Crippen LogP contribution in [-0.2, 0) is 0 Å². The molecule has 0 unspecified atom stereocenters.